The first-order valence-electron chi connectivity index (χ1n) is 8.23. The summed E-state index contributed by atoms with van der Waals surface area (Å²) in [5.41, 5.74) is 1.44. The van der Waals surface area contributed by atoms with Crippen molar-refractivity contribution in [3.63, 3.8) is 0 Å². The normalized spacial score (nSPS) is 11.7. The van der Waals surface area contributed by atoms with Crippen molar-refractivity contribution in [2.24, 2.45) is 0 Å². The SMILES string of the molecule is COc1ccc(OC(C)C(=O)OCc2csc(-c3ccc(F)cc3)n2)cc1. The molecule has 1 atom stereocenters. The summed E-state index contributed by atoms with van der Waals surface area (Å²) >= 11 is 1.41. The van der Waals surface area contributed by atoms with Crippen molar-refractivity contribution in [2.45, 2.75) is 19.6 Å². The van der Waals surface area contributed by atoms with Gasteiger partial charge in [-0.25, -0.2) is 14.2 Å². The summed E-state index contributed by atoms with van der Waals surface area (Å²) in [6.07, 6.45) is -0.756. The highest BCUT2D eigenvalue weighted by Crippen LogP contribution is 2.24. The maximum absolute atomic E-state index is 13.0. The van der Waals surface area contributed by atoms with Crippen molar-refractivity contribution in [3.05, 3.63) is 65.4 Å². The molecule has 3 rings (SSSR count). The highest BCUT2D eigenvalue weighted by molar-refractivity contribution is 7.13. The number of carbonyl (C=O) groups is 1. The average molecular weight is 387 g/mol. The Kier molecular flexibility index (Phi) is 6.03. The molecule has 27 heavy (non-hydrogen) atoms. The second kappa shape index (κ2) is 8.64. The van der Waals surface area contributed by atoms with Gasteiger partial charge in [0.05, 0.1) is 12.8 Å². The van der Waals surface area contributed by atoms with E-state index in [1.54, 1.807) is 55.8 Å². The first-order valence-corrected chi connectivity index (χ1v) is 9.11. The molecule has 0 spiro atoms. The zero-order chi connectivity index (χ0) is 19.2. The molecule has 5 nitrogen and oxygen atoms in total. The van der Waals surface area contributed by atoms with Crippen molar-refractivity contribution in [1.29, 1.82) is 0 Å². The highest BCUT2D eigenvalue weighted by Gasteiger charge is 2.17. The number of halogens is 1. The smallest absolute Gasteiger partial charge is 0.347 e. The average Bonchev–Trinajstić information content (AvgIpc) is 3.16. The number of aromatic nitrogens is 1. The summed E-state index contributed by atoms with van der Waals surface area (Å²) in [6.45, 7) is 1.67. The number of hydrogen-bond donors (Lipinski definition) is 0. The maximum atomic E-state index is 13.0. The summed E-state index contributed by atoms with van der Waals surface area (Å²) in [4.78, 5) is 16.5. The van der Waals surface area contributed by atoms with Gasteiger partial charge in [0.25, 0.3) is 0 Å². The molecule has 1 heterocycles. The minimum absolute atomic E-state index is 0.0485. The molecule has 0 radical (unpaired) electrons. The molecule has 0 fully saturated rings. The van der Waals surface area contributed by atoms with Crippen LogP contribution in [-0.4, -0.2) is 24.2 Å². The molecule has 0 aliphatic heterocycles. The molecule has 0 aliphatic carbocycles. The number of ether oxygens (including phenoxy) is 3. The van der Waals surface area contributed by atoms with Gasteiger partial charge >= 0.3 is 5.97 Å². The van der Waals surface area contributed by atoms with Crippen molar-refractivity contribution >= 4 is 17.3 Å². The molecule has 0 saturated heterocycles. The Morgan fingerprint density at radius 2 is 1.78 bits per heavy atom. The van der Waals surface area contributed by atoms with E-state index < -0.39 is 12.1 Å². The fourth-order valence-corrected chi connectivity index (χ4v) is 3.08. The summed E-state index contributed by atoms with van der Waals surface area (Å²) in [5, 5.41) is 2.55. The topological polar surface area (TPSA) is 57.7 Å². The lowest BCUT2D eigenvalue weighted by Crippen LogP contribution is -2.26. The van der Waals surface area contributed by atoms with E-state index >= 15 is 0 Å². The lowest BCUT2D eigenvalue weighted by atomic mass is 10.2. The number of esters is 1. The lowest BCUT2D eigenvalue weighted by molar-refractivity contribution is -0.152. The number of rotatable bonds is 7. The number of benzene rings is 2. The van der Waals surface area contributed by atoms with Crippen LogP contribution in [-0.2, 0) is 16.1 Å². The molecule has 7 heteroatoms. The van der Waals surface area contributed by atoms with Gasteiger partial charge in [0.1, 0.15) is 28.9 Å². The van der Waals surface area contributed by atoms with E-state index in [0.29, 0.717) is 17.2 Å². The zero-order valence-corrected chi connectivity index (χ0v) is 15.7. The largest absolute Gasteiger partial charge is 0.497 e. The first kappa shape index (κ1) is 18.8. The summed E-state index contributed by atoms with van der Waals surface area (Å²) in [7, 11) is 1.58. The predicted octanol–water partition coefficient (Wildman–Crippen LogP) is 4.47. The molecular weight excluding hydrogens is 369 g/mol. The number of carbonyl (C=O) groups excluding carboxylic acids is 1. The van der Waals surface area contributed by atoms with Crippen LogP contribution in [0.1, 0.15) is 12.6 Å². The Morgan fingerprint density at radius 1 is 1.11 bits per heavy atom. The van der Waals surface area contributed by atoms with Gasteiger partial charge < -0.3 is 14.2 Å². The van der Waals surface area contributed by atoms with Crippen LogP contribution < -0.4 is 9.47 Å². The Bertz CT molecular complexity index is 893. The molecule has 0 bridgehead atoms. The van der Waals surface area contributed by atoms with Gasteiger partial charge in [-0.2, -0.15) is 0 Å². The second-order valence-corrected chi connectivity index (χ2v) is 6.55. The van der Waals surface area contributed by atoms with E-state index in [0.717, 1.165) is 10.6 Å². The third kappa shape index (κ3) is 5.04. The van der Waals surface area contributed by atoms with Gasteiger partial charge in [-0.3, -0.25) is 0 Å². The molecule has 0 saturated carbocycles. The van der Waals surface area contributed by atoms with Crippen molar-refractivity contribution in [3.8, 4) is 22.1 Å². The van der Waals surface area contributed by atoms with Crippen LogP contribution in [0.4, 0.5) is 4.39 Å². The Morgan fingerprint density at radius 3 is 2.44 bits per heavy atom. The highest BCUT2D eigenvalue weighted by atomic mass is 32.1. The van der Waals surface area contributed by atoms with E-state index in [2.05, 4.69) is 4.98 Å². The summed E-state index contributed by atoms with van der Waals surface area (Å²) in [6, 6.07) is 13.0. The third-order valence-corrected chi connectivity index (χ3v) is 4.65. The van der Waals surface area contributed by atoms with Crippen LogP contribution in [0.3, 0.4) is 0 Å². The van der Waals surface area contributed by atoms with E-state index in [1.807, 2.05) is 0 Å². The van der Waals surface area contributed by atoms with Crippen LogP contribution in [0.2, 0.25) is 0 Å². The Labute approximate surface area is 160 Å². The summed E-state index contributed by atoms with van der Waals surface area (Å²) in [5.74, 6) is 0.475. The standard InChI is InChI=1S/C20H18FNO4S/c1-13(26-18-9-7-17(24-2)8-10-18)20(23)25-11-16-12-27-19(22-16)14-3-5-15(21)6-4-14/h3-10,12-13H,11H2,1-2H3. The number of thiazole rings is 1. The fraction of sp³-hybridized carbons (Fsp3) is 0.200. The molecule has 1 unspecified atom stereocenters. The number of hydrogen-bond acceptors (Lipinski definition) is 6. The van der Waals surface area contributed by atoms with Gasteiger partial charge in [-0.15, -0.1) is 11.3 Å². The van der Waals surface area contributed by atoms with Crippen molar-refractivity contribution in [2.75, 3.05) is 7.11 Å². The van der Waals surface area contributed by atoms with Gasteiger partial charge in [0, 0.05) is 10.9 Å². The van der Waals surface area contributed by atoms with Crippen LogP contribution in [0.15, 0.2) is 53.9 Å². The summed E-state index contributed by atoms with van der Waals surface area (Å²) < 4.78 is 28.9. The van der Waals surface area contributed by atoms with Crippen molar-refractivity contribution < 1.29 is 23.4 Å². The van der Waals surface area contributed by atoms with Crippen LogP contribution in [0.25, 0.3) is 10.6 Å². The molecule has 0 N–H and O–H groups in total. The molecule has 0 aliphatic rings. The van der Waals surface area contributed by atoms with Gasteiger partial charge in [-0.05, 0) is 55.5 Å². The quantitative estimate of drug-likeness (QED) is 0.560. The predicted molar refractivity (Wildman–Crippen MR) is 100 cm³/mol. The number of methoxy groups -OCH3 is 1. The molecule has 140 valence electrons. The Hall–Kier alpha value is -2.93. The van der Waals surface area contributed by atoms with Crippen LogP contribution >= 0.6 is 11.3 Å². The van der Waals surface area contributed by atoms with Crippen LogP contribution in [0.5, 0.6) is 11.5 Å². The molecule has 1 aromatic heterocycles. The lowest BCUT2D eigenvalue weighted by Gasteiger charge is -2.13. The van der Waals surface area contributed by atoms with Gasteiger partial charge in [0.2, 0.25) is 0 Å². The fourth-order valence-electron chi connectivity index (χ4n) is 2.27. The van der Waals surface area contributed by atoms with E-state index in [-0.39, 0.29) is 12.4 Å². The minimum atomic E-state index is -0.756. The molecular formula is C20H18FNO4S. The number of nitrogens with zero attached hydrogens (tertiary/aromatic N) is 1. The molecule has 0 amide bonds. The van der Waals surface area contributed by atoms with E-state index in [1.165, 1.54) is 23.5 Å². The minimum Gasteiger partial charge on any atom is -0.497 e. The monoisotopic (exact) mass is 387 g/mol. The van der Waals surface area contributed by atoms with Gasteiger partial charge in [0.15, 0.2) is 6.10 Å². The zero-order valence-electron chi connectivity index (χ0n) is 14.8. The molecule has 2 aromatic carbocycles. The maximum Gasteiger partial charge on any atom is 0.347 e. The third-order valence-electron chi connectivity index (χ3n) is 3.71. The van der Waals surface area contributed by atoms with Crippen molar-refractivity contribution in [1.82, 2.24) is 4.98 Å². The van der Waals surface area contributed by atoms with E-state index in [9.17, 15) is 9.18 Å². The second-order valence-electron chi connectivity index (χ2n) is 5.69. The van der Waals surface area contributed by atoms with Crippen LogP contribution in [0, 0.1) is 5.82 Å². The molecule has 3 aromatic rings. The van der Waals surface area contributed by atoms with Gasteiger partial charge in [-0.1, -0.05) is 0 Å². The van der Waals surface area contributed by atoms with E-state index in [4.69, 9.17) is 14.2 Å². The first-order chi connectivity index (χ1) is 13.0. The Balaban J connectivity index is 1.53.